The van der Waals surface area contributed by atoms with E-state index in [4.69, 9.17) is 4.55 Å². The fourth-order valence-corrected chi connectivity index (χ4v) is 2.54. The van der Waals surface area contributed by atoms with Crippen LogP contribution in [0.3, 0.4) is 0 Å². The van der Waals surface area contributed by atoms with Crippen LogP contribution >= 0.6 is 0 Å². The number of hydrogen-bond acceptors (Lipinski definition) is 4. The number of aryl methyl sites for hydroxylation is 1. The molecule has 0 spiro atoms. The third-order valence-electron chi connectivity index (χ3n) is 3.21. The van der Waals surface area contributed by atoms with Gasteiger partial charge in [-0.3, -0.25) is 9.56 Å². The van der Waals surface area contributed by atoms with Gasteiger partial charge in [0, 0.05) is 19.5 Å². The summed E-state index contributed by atoms with van der Waals surface area (Å²) in [5, 5.41) is 6.16. The SMILES string of the molecule is CN(N=Cc1ccc[n+](CCCS(=O)(=O)O)c1)c1ccccc1. The lowest BCUT2D eigenvalue weighted by Gasteiger charge is -2.11. The highest BCUT2D eigenvalue weighted by Gasteiger charge is 2.07. The second kappa shape index (κ2) is 7.85. The number of benzene rings is 1. The molecule has 0 radical (unpaired) electrons. The van der Waals surface area contributed by atoms with Crippen molar-refractivity contribution in [1.82, 2.24) is 0 Å². The van der Waals surface area contributed by atoms with Crippen LogP contribution in [0.15, 0.2) is 60.0 Å². The Bertz CT molecular complexity index is 761. The average Bonchev–Trinajstić information content (AvgIpc) is 2.53. The maximum atomic E-state index is 10.7. The number of para-hydroxylation sites is 1. The summed E-state index contributed by atoms with van der Waals surface area (Å²) >= 11 is 0. The second-order valence-corrected chi connectivity index (χ2v) is 6.69. The zero-order valence-electron chi connectivity index (χ0n) is 12.9. The number of aromatic nitrogens is 1. The molecule has 1 aromatic carbocycles. The number of anilines is 1. The highest BCUT2D eigenvalue weighted by Crippen LogP contribution is 2.10. The van der Waals surface area contributed by atoms with E-state index in [1.807, 2.05) is 66.5 Å². The summed E-state index contributed by atoms with van der Waals surface area (Å²) in [6.07, 6.45) is 5.83. The van der Waals surface area contributed by atoms with E-state index < -0.39 is 10.1 Å². The van der Waals surface area contributed by atoms with E-state index >= 15 is 0 Å². The van der Waals surface area contributed by atoms with Crippen LogP contribution in [0.4, 0.5) is 5.69 Å². The Balaban J connectivity index is 1.98. The quantitative estimate of drug-likeness (QED) is 0.362. The molecule has 0 aliphatic heterocycles. The van der Waals surface area contributed by atoms with Gasteiger partial charge in [0.15, 0.2) is 12.4 Å². The van der Waals surface area contributed by atoms with E-state index in [0.717, 1.165) is 11.3 Å². The summed E-state index contributed by atoms with van der Waals surface area (Å²) in [6.45, 7) is 0.510. The van der Waals surface area contributed by atoms with E-state index in [1.54, 1.807) is 11.2 Å². The molecular formula is C16H20N3O3S+. The number of hydrogen-bond donors (Lipinski definition) is 1. The van der Waals surface area contributed by atoms with Gasteiger partial charge >= 0.3 is 0 Å². The minimum atomic E-state index is -3.90. The Morgan fingerprint density at radius 3 is 2.65 bits per heavy atom. The molecule has 0 atom stereocenters. The maximum Gasteiger partial charge on any atom is 0.265 e. The number of hydrazone groups is 1. The van der Waals surface area contributed by atoms with Gasteiger partial charge in [0.1, 0.15) is 6.54 Å². The normalized spacial score (nSPS) is 11.7. The molecule has 122 valence electrons. The predicted molar refractivity (Wildman–Crippen MR) is 90.1 cm³/mol. The summed E-state index contributed by atoms with van der Waals surface area (Å²) in [7, 11) is -2.03. The topological polar surface area (TPSA) is 73.8 Å². The molecule has 23 heavy (non-hydrogen) atoms. The molecule has 0 amide bonds. The molecule has 1 heterocycles. The van der Waals surface area contributed by atoms with Gasteiger partial charge in [-0.15, -0.1) is 0 Å². The van der Waals surface area contributed by atoms with E-state index in [1.165, 1.54) is 0 Å². The standard InChI is InChI=1S/C16H19N3O3S/c1-18(16-8-3-2-4-9-16)17-13-15-7-5-10-19(14-15)11-6-12-23(20,21)22/h2-5,7-10,13-14H,6,11-12H2,1H3/p+1. The Morgan fingerprint density at radius 1 is 1.22 bits per heavy atom. The number of pyridine rings is 1. The van der Waals surface area contributed by atoms with Crippen LogP contribution in [0.1, 0.15) is 12.0 Å². The number of rotatable bonds is 7. The molecule has 0 fully saturated rings. The Hall–Kier alpha value is -2.25. The van der Waals surface area contributed by atoms with Crippen LogP contribution < -0.4 is 9.58 Å². The highest BCUT2D eigenvalue weighted by molar-refractivity contribution is 7.85. The minimum absolute atomic E-state index is 0.241. The molecule has 0 bridgehead atoms. The van der Waals surface area contributed by atoms with Crippen LogP contribution in [0.2, 0.25) is 0 Å². The molecule has 0 saturated carbocycles. The lowest BCUT2D eigenvalue weighted by molar-refractivity contribution is -0.696. The van der Waals surface area contributed by atoms with Gasteiger partial charge in [0.05, 0.1) is 23.2 Å². The summed E-state index contributed by atoms with van der Waals surface area (Å²) in [6, 6.07) is 13.6. The molecule has 0 saturated heterocycles. The van der Waals surface area contributed by atoms with Crippen molar-refractivity contribution in [2.75, 3.05) is 17.8 Å². The van der Waals surface area contributed by atoms with Gasteiger partial charge in [0.25, 0.3) is 10.1 Å². The zero-order chi connectivity index (χ0) is 16.7. The van der Waals surface area contributed by atoms with Crippen molar-refractivity contribution in [1.29, 1.82) is 0 Å². The van der Waals surface area contributed by atoms with Crippen molar-refractivity contribution in [3.63, 3.8) is 0 Å². The first-order valence-corrected chi connectivity index (χ1v) is 8.82. The van der Waals surface area contributed by atoms with Crippen molar-refractivity contribution in [2.24, 2.45) is 5.10 Å². The van der Waals surface area contributed by atoms with E-state index in [2.05, 4.69) is 5.10 Å². The molecule has 1 aromatic heterocycles. The molecule has 0 unspecified atom stereocenters. The number of nitrogens with zero attached hydrogens (tertiary/aromatic N) is 3. The van der Waals surface area contributed by atoms with Crippen molar-refractivity contribution >= 4 is 22.0 Å². The van der Waals surface area contributed by atoms with Gasteiger partial charge in [0.2, 0.25) is 0 Å². The predicted octanol–water partition coefficient (Wildman–Crippen LogP) is 1.72. The molecule has 6 nitrogen and oxygen atoms in total. The Morgan fingerprint density at radius 2 is 1.96 bits per heavy atom. The lowest BCUT2D eigenvalue weighted by Crippen LogP contribution is -2.34. The van der Waals surface area contributed by atoms with Crippen LogP contribution in [0, 0.1) is 0 Å². The monoisotopic (exact) mass is 334 g/mol. The molecule has 0 aliphatic carbocycles. The molecule has 0 aliphatic rings. The summed E-state index contributed by atoms with van der Waals surface area (Å²) in [4.78, 5) is 0. The zero-order valence-corrected chi connectivity index (χ0v) is 13.7. The lowest BCUT2D eigenvalue weighted by atomic mass is 10.3. The van der Waals surface area contributed by atoms with Crippen molar-refractivity contribution in [3.05, 3.63) is 60.4 Å². The first-order chi connectivity index (χ1) is 10.9. The molecule has 2 aromatic rings. The first kappa shape index (κ1) is 17.1. The Kier molecular flexibility index (Phi) is 5.84. The van der Waals surface area contributed by atoms with E-state index in [0.29, 0.717) is 13.0 Å². The molecule has 7 heteroatoms. The van der Waals surface area contributed by atoms with Gasteiger partial charge in [-0.2, -0.15) is 13.5 Å². The van der Waals surface area contributed by atoms with Gasteiger partial charge in [-0.1, -0.05) is 18.2 Å². The third kappa shape index (κ3) is 6.17. The van der Waals surface area contributed by atoms with Crippen molar-refractivity contribution in [2.45, 2.75) is 13.0 Å². The summed E-state index contributed by atoms with van der Waals surface area (Å²) in [5.74, 6) is -0.241. The average molecular weight is 334 g/mol. The fraction of sp³-hybridized carbons (Fsp3) is 0.250. The molecule has 2 rings (SSSR count). The maximum absolute atomic E-state index is 10.7. The first-order valence-electron chi connectivity index (χ1n) is 7.21. The summed E-state index contributed by atoms with van der Waals surface area (Å²) in [5.41, 5.74) is 1.89. The van der Waals surface area contributed by atoms with Crippen LogP contribution in [-0.2, 0) is 16.7 Å². The van der Waals surface area contributed by atoms with Crippen molar-refractivity contribution < 1.29 is 17.5 Å². The molecular weight excluding hydrogens is 314 g/mol. The Labute approximate surface area is 136 Å². The second-order valence-electron chi connectivity index (χ2n) is 5.12. The third-order valence-corrected chi connectivity index (χ3v) is 4.01. The molecule has 1 N–H and O–H groups in total. The van der Waals surface area contributed by atoms with Crippen LogP contribution in [0.25, 0.3) is 0 Å². The van der Waals surface area contributed by atoms with E-state index in [-0.39, 0.29) is 5.75 Å². The van der Waals surface area contributed by atoms with E-state index in [9.17, 15) is 8.42 Å². The fourth-order valence-electron chi connectivity index (χ4n) is 2.05. The van der Waals surface area contributed by atoms with Crippen molar-refractivity contribution in [3.8, 4) is 0 Å². The van der Waals surface area contributed by atoms with Gasteiger partial charge in [-0.25, -0.2) is 4.57 Å². The largest absolute Gasteiger partial charge is 0.286 e. The van der Waals surface area contributed by atoms with Crippen LogP contribution in [-0.4, -0.2) is 32.0 Å². The highest BCUT2D eigenvalue weighted by atomic mass is 32.2. The van der Waals surface area contributed by atoms with Crippen LogP contribution in [0.5, 0.6) is 0 Å². The van der Waals surface area contributed by atoms with Gasteiger partial charge in [-0.05, 0) is 18.2 Å². The van der Waals surface area contributed by atoms with Gasteiger partial charge < -0.3 is 0 Å². The minimum Gasteiger partial charge on any atom is -0.286 e. The summed E-state index contributed by atoms with van der Waals surface area (Å²) < 4.78 is 32.1. The smallest absolute Gasteiger partial charge is 0.265 e.